The number of carbonyl (C=O) groups excluding carboxylic acids is 1. The van der Waals surface area contributed by atoms with Crippen LogP contribution in [0.25, 0.3) is 0 Å². The molecule has 0 aromatic heterocycles. The number of nitrogens with two attached hydrogens (primary N) is 1. The molecule has 0 aromatic rings. The van der Waals surface area contributed by atoms with Crippen molar-refractivity contribution < 1.29 is 13.6 Å². The van der Waals surface area contributed by atoms with Gasteiger partial charge in [0.15, 0.2) is 0 Å². The van der Waals surface area contributed by atoms with Crippen LogP contribution in [0.4, 0.5) is 8.78 Å². The van der Waals surface area contributed by atoms with Gasteiger partial charge in [0.05, 0.1) is 0 Å². The van der Waals surface area contributed by atoms with E-state index in [0.29, 0.717) is 19.4 Å². The van der Waals surface area contributed by atoms with Gasteiger partial charge in [-0.05, 0) is 12.8 Å². The van der Waals surface area contributed by atoms with Gasteiger partial charge in [0.1, 0.15) is 0 Å². The molecule has 1 aliphatic rings. The Morgan fingerprint density at radius 2 is 2.29 bits per heavy atom. The van der Waals surface area contributed by atoms with E-state index in [-0.39, 0.29) is 25.4 Å². The maximum absolute atomic E-state index is 12.4. The topological polar surface area (TPSA) is 46.3 Å². The molecule has 0 radical (unpaired) electrons. The third kappa shape index (κ3) is 2.90. The predicted molar refractivity (Wildman–Crippen MR) is 49.0 cm³/mol. The van der Waals surface area contributed by atoms with Crippen LogP contribution >= 0.6 is 0 Å². The van der Waals surface area contributed by atoms with Gasteiger partial charge in [0.25, 0.3) is 0 Å². The van der Waals surface area contributed by atoms with Gasteiger partial charge < -0.3 is 10.6 Å². The predicted octanol–water partition coefficient (Wildman–Crippen LogP) is 0.839. The number of alkyl halides is 2. The number of halogens is 2. The minimum absolute atomic E-state index is 0.0992. The summed E-state index contributed by atoms with van der Waals surface area (Å²) in [6.45, 7) is 1.08. The summed E-state index contributed by atoms with van der Waals surface area (Å²) in [5, 5.41) is 0. The van der Waals surface area contributed by atoms with Crippen LogP contribution in [0.3, 0.4) is 0 Å². The van der Waals surface area contributed by atoms with E-state index in [4.69, 9.17) is 5.73 Å². The highest BCUT2D eigenvalue weighted by atomic mass is 19.3. The lowest BCUT2D eigenvalue weighted by molar-refractivity contribution is -0.134. The Kier molecular flexibility index (Phi) is 4.25. The number of amides is 1. The molecule has 1 saturated heterocycles. The number of carbonyl (C=O) groups is 1. The first-order chi connectivity index (χ1) is 6.65. The second kappa shape index (κ2) is 5.24. The van der Waals surface area contributed by atoms with E-state index in [1.165, 1.54) is 4.90 Å². The average molecular weight is 206 g/mol. The smallest absolute Gasteiger partial charge is 0.243 e. The highest BCUT2D eigenvalue weighted by Crippen LogP contribution is 2.22. The minimum Gasteiger partial charge on any atom is -0.342 e. The summed E-state index contributed by atoms with van der Waals surface area (Å²) in [5.41, 5.74) is 5.23. The van der Waals surface area contributed by atoms with Crippen molar-refractivity contribution in [3.05, 3.63) is 0 Å². The number of nitrogens with zero attached hydrogens (tertiary/aromatic N) is 1. The van der Waals surface area contributed by atoms with Gasteiger partial charge in [0, 0.05) is 32.0 Å². The zero-order valence-electron chi connectivity index (χ0n) is 8.09. The maximum atomic E-state index is 12.4. The molecule has 2 N–H and O–H groups in total. The third-order valence-corrected chi connectivity index (χ3v) is 2.53. The van der Waals surface area contributed by atoms with Crippen LogP contribution in [-0.4, -0.2) is 36.9 Å². The minimum atomic E-state index is -2.32. The first-order valence-corrected chi connectivity index (χ1v) is 4.91. The largest absolute Gasteiger partial charge is 0.342 e. The second-order valence-electron chi connectivity index (χ2n) is 3.62. The second-order valence-corrected chi connectivity index (χ2v) is 3.62. The lowest BCUT2D eigenvalue weighted by Gasteiger charge is -2.32. The number of rotatable bonds is 3. The standard InChI is InChI=1S/C9H16F2N2O/c10-9(11)7-2-1-5-13(6-7)8(14)3-4-12/h7,9H,1-6,12H2. The molecule has 0 aliphatic carbocycles. The zero-order chi connectivity index (χ0) is 10.6. The normalized spacial score (nSPS) is 22.9. The maximum Gasteiger partial charge on any atom is 0.243 e. The molecule has 1 fully saturated rings. The van der Waals surface area contributed by atoms with Crippen LogP contribution in [0.2, 0.25) is 0 Å². The molecule has 82 valence electrons. The van der Waals surface area contributed by atoms with E-state index >= 15 is 0 Å². The molecule has 1 unspecified atom stereocenters. The van der Waals surface area contributed by atoms with E-state index in [0.717, 1.165) is 0 Å². The molecule has 0 spiro atoms. The first kappa shape index (κ1) is 11.4. The van der Waals surface area contributed by atoms with Crippen LogP contribution < -0.4 is 5.73 Å². The van der Waals surface area contributed by atoms with Crippen molar-refractivity contribution in [2.75, 3.05) is 19.6 Å². The third-order valence-electron chi connectivity index (χ3n) is 2.53. The van der Waals surface area contributed by atoms with Crippen LogP contribution in [-0.2, 0) is 4.79 Å². The quantitative estimate of drug-likeness (QED) is 0.743. The lowest BCUT2D eigenvalue weighted by Crippen LogP contribution is -2.42. The Bertz CT molecular complexity index is 199. The van der Waals surface area contributed by atoms with Gasteiger partial charge in [-0.1, -0.05) is 0 Å². The van der Waals surface area contributed by atoms with E-state index in [2.05, 4.69) is 0 Å². The van der Waals surface area contributed by atoms with Crippen LogP contribution in [0.5, 0.6) is 0 Å². The van der Waals surface area contributed by atoms with Gasteiger partial charge in [-0.3, -0.25) is 4.79 Å². The lowest BCUT2D eigenvalue weighted by atomic mass is 9.98. The summed E-state index contributed by atoms with van der Waals surface area (Å²) in [5.74, 6) is -0.747. The van der Waals surface area contributed by atoms with Gasteiger partial charge in [0.2, 0.25) is 12.3 Å². The van der Waals surface area contributed by atoms with Crippen LogP contribution in [0, 0.1) is 5.92 Å². The molecule has 1 amide bonds. The summed E-state index contributed by atoms with van der Waals surface area (Å²) in [6, 6.07) is 0. The average Bonchev–Trinajstić information content (AvgIpc) is 2.18. The summed E-state index contributed by atoms with van der Waals surface area (Å²) < 4.78 is 24.8. The molecule has 0 bridgehead atoms. The van der Waals surface area contributed by atoms with Gasteiger partial charge in [-0.25, -0.2) is 8.78 Å². The molecule has 5 heteroatoms. The molecular formula is C9H16F2N2O. The molecule has 1 aliphatic heterocycles. The molecule has 3 nitrogen and oxygen atoms in total. The summed E-state index contributed by atoms with van der Waals surface area (Å²) in [6.07, 6.45) is -0.866. The SMILES string of the molecule is NCCC(=O)N1CCCC(C(F)F)C1. The van der Waals surface area contributed by atoms with Gasteiger partial charge in [-0.2, -0.15) is 0 Å². The molecule has 0 aromatic carbocycles. The van der Waals surface area contributed by atoms with E-state index in [1.54, 1.807) is 0 Å². The Morgan fingerprint density at radius 3 is 2.86 bits per heavy atom. The van der Waals surface area contributed by atoms with Crippen LogP contribution in [0.1, 0.15) is 19.3 Å². The summed E-state index contributed by atoms with van der Waals surface area (Å²) in [7, 11) is 0. The Balaban J connectivity index is 2.43. The zero-order valence-corrected chi connectivity index (χ0v) is 8.09. The first-order valence-electron chi connectivity index (χ1n) is 4.91. The van der Waals surface area contributed by atoms with Crippen molar-refractivity contribution >= 4 is 5.91 Å². The molecule has 14 heavy (non-hydrogen) atoms. The summed E-state index contributed by atoms with van der Waals surface area (Å²) in [4.78, 5) is 12.9. The fourth-order valence-electron chi connectivity index (χ4n) is 1.72. The Morgan fingerprint density at radius 1 is 1.57 bits per heavy atom. The molecule has 0 saturated carbocycles. The highest BCUT2D eigenvalue weighted by molar-refractivity contribution is 5.76. The number of hydrogen-bond acceptors (Lipinski definition) is 2. The fraction of sp³-hybridized carbons (Fsp3) is 0.889. The molecule has 1 heterocycles. The van der Waals surface area contributed by atoms with Crippen molar-refractivity contribution in [3.63, 3.8) is 0 Å². The van der Waals surface area contributed by atoms with Gasteiger partial charge >= 0.3 is 0 Å². The highest BCUT2D eigenvalue weighted by Gasteiger charge is 2.28. The van der Waals surface area contributed by atoms with Crippen molar-refractivity contribution in [2.45, 2.75) is 25.7 Å². The Hall–Kier alpha value is -0.710. The van der Waals surface area contributed by atoms with Crippen molar-refractivity contribution in [2.24, 2.45) is 11.7 Å². The number of piperidine rings is 1. The van der Waals surface area contributed by atoms with Crippen LogP contribution in [0.15, 0.2) is 0 Å². The van der Waals surface area contributed by atoms with Crippen molar-refractivity contribution in [1.29, 1.82) is 0 Å². The fourth-order valence-corrected chi connectivity index (χ4v) is 1.72. The monoisotopic (exact) mass is 206 g/mol. The van der Waals surface area contributed by atoms with Crippen molar-refractivity contribution in [3.8, 4) is 0 Å². The summed E-state index contributed by atoms with van der Waals surface area (Å²) >= 11 is 0. The van der Waals surface area contributed by atoms with Crippen molar-refractivity contribution in [1.82, 2.24) is 4.90 Å². The molecular weight excluding hydrogens is 190 g/mol. The number of hydrogen-bond donors (Lipinski definition) is 1. The molecule has 1 atom stereocenters. The van der Waals surface area contributed by atoms with E-state index < -0.39 is 12.3 Å². The molecule has 1 rings (SSSR count). The van der Waals surface area contributed by atoms with Gasteiger partial charge in [-0.15, -0.1) is 0 Å². The Labute approximate surface area is 82.2 Å². The number of likely N-dealkylation sites (tertiary alicyclic amines) is 1. The van der Waals surface area contributed by atoms with E-state index in [1.807, 2.05) is 0 Å². The van der Waals surface area contributed by atoms with E-state index in [9.17, 15) is 13.6 Å².